The van der Waals surface area contributed by atoms with Gasteiger partial charge in [-0.3, -0.25) is 0 Å². The normalized spacial score (nSPS) is 14.4. The zero-order chi connectivity index (χ0) is 6.78. The van der Waals surface area contributed by atoms with Crippen molar-refractivity contribution in [2.45, 2.75) is 13.8 Å². The predicted octanol–water partition coefficient (Wildman–Crippen LogP) is 2.34. The van der Waals surface area contributed by atoms with Crippen LogP contribution in [0.5, 0.6) is 0 Å². The standard InChI is InChI=1S/C4H7BF3/c1-3-4(2)5(6,7)8/h3H,1-2H3/q-1/b4-3+. The lowest BCUT2D eigenvalue weighted by Gasteiger charge is -2.13. The van der Waals surface area contributed by atoms with E-state index in [4.69, 9.17) is 0 Å². The number of hydrogen-bond acceptors (Lipinski definition) is 0. The van der Waals surface area contributed by atoms with E-state index in [-0.39, 0.29) is 0 Å². The van der Waals surface area contributed by atoms with Crippen LogP contribution in [-0.4, -0.2) is 6.98 Å². The summed E-state index contributed by atoms with van der Waals surface area (Å²) in [7, 11) is 0. The van der Waals surface area contributed by atoms with Gasteiger partial charge in [0, 0.05) is 0 Å². The quantitative estimate of drug-likeness (QED) is 0.469. The molecular formula is C4H7BF3-. The molecular weight excluding hydrogens is 116 g/mol. The minimum absolute atomic E-state index is 0.481. The Labute approximate surface area is 46.4 Å². The second-order valence-electron chi connectivity index (χ2n) is 1.61. The zero-order valence-corrected chi connectivity index (χ0v) is 4.79. The van der Waals surface area contributed by atoms with E-state index in [9.17, 15) is 12.9 Å². The third-order valence-corrected chi connectivity index (χ3v) is 0.972. The molecule has 0 heterocycles. The summed E-state index contributed by atoms with van der Waals surface area (Å²) < 4.78 is 34.3. The molecule has 0 aliphatic carbocycles. The highest BCUT2D eigenvalue weighted by atomic mass is 19.4. The number of allylic oxidation sites excluding steroid dienone is 2. The Morgan fingerprint density at radius 1 is 1.38 bits per heavy atom. The maximum Gasteiger partial charge on any atom is 0.505 e. The Morgan fingerprint density at radius 2 is 1.75 bits per heavy atom. The molecule has 0 bridgehead atoms. The van der Waals surface area contributed by atoms with Gasteiger partial charge >= 0.3 is 6.98 Å². The first-order chi connectivity index (χ1) is 3.48. The summed E-state index contributed by atoms with van der Waals surface area (Å²) in [4.78, 5) is 0. The minimum atomic E-state index is -4.70. The van der Waals surface area contributed by atoms with Gasteiger partial charge in [0.25, 0.3) is 0 Å². The van der Waals surface area contributed by atoms with Gasteiger partial charge < -0.3 is 12.9 Å². The van der Waals surface area contributed by atoms with Crippen LogP contribution in [0.25, 0.3) is 0 Å². The molecule has 0 aliphatic rings. The zero-order valence-electron chi connectivity index (χ0n) is 4.79. The van der Waals surface area contributed by atoms with Crippen molar-refractivity contribution in [3.8, 4) is 0 Å². The first kappa shape index (κ1) is 7.59. The van der Waals surface area contributed by atoms with Crippen LogP contribution in [0.15, 0.2) is 11.5 Å². The first-order valence-corrected chi connectivity index (χ1v) is 2.31. The monoisotopic (exact) mass is 123 g/mol. The molecule has 0 atom stereocenters. The van der Waals surface area contributed by atoms with Crippen molar-refractivity contribution < 1.29 is 12.9 Å². The molecule has 0 saturated carbocycles. The van der Waals surface area contributed by atoms with Crippen molar-refractivity contribution >= 4 is 6.98 Å². The molecule has 8 heavy (non-hydrogen) atoms. The lowest BCUT2D eigenvalue weighted by atomic mass is 9.81. The van der Waals surface area contributed by atoms with Gasteiger partial charge in [0.2, 0.25) is 0 Å². The Balaban J connectivity index is 4.03. The van der Waals surface area contributed by atoms with Gasteiger partial charge in [-0.15, -0.1) is 11.5 Å². The molecule has 0 fully saturated rings. The molecule has 0 aromatic carbocycles. The van der Waals surface area contributed by atoms with Crippen LogP contribution in [-0.2, 0) is 0 Å². The Bertz CT molecular complexity index is 102. The average molecular weight is 123 g/mol. The maximum absolute atomic E-state index is 11.4. The van der Waals surface area contributed by atoms with E-state index in [1.807, 2.05) is 0 Å². The summed E-state index contributed by atoms with van der Waals surface area (Å²) >= 11 is 0. The summed E-state index contributed by atoms with van der Waals surface area (Å²) in [5, 5.41) is 0. The fourth-order valence-electron chi connectivity index (χ4n) is 0.189. The van der Waals surface area contributed by atoms with Crippen LogP contribution >= 0.6 is 0 Å². The molecule has 4 heteroatoms. The van der Waals surface area contributed by atoms with E-state index in [1.165, 1.54) is 6.92 Å². The third-order valence-electron chi connectivity index (χ3n) is 0.972. The highest BCUT2D eigenvalue weighted by molar-refractivity contribution is 6.66. The molecule has 0 rings (SSSR count). The Morgan fingerprint density at radius 3 is 1.75 bits per heavy atom. The second kappa shape index (κ2) is 2.24. The van der Waals surface area contributed by atoms with E-state index in [0.29, 0.717) is 0 Å². The van der Waals surface area contributed by atoms with E-state index < -0.39 is 12.4 Å². The second-order valence-corrected chi connectivity index (χ2v) is 1.61. The smallest absolute Gasteiger partial charge is 0.445 e. The van der Waals surface area contributed by atoms with Gasteiger partial charge in [0.1, 0.15) is 0 Å². The number of hydrogen-bond donors (Lipinski definition) is 0. The van der Waals surface area contributed by atoms with Crippen LogP contribution in [0.2, 0.25) is 0 Å². The van der Waals surface area contributed by atoms with Crippen LogP contribution in [0.1, 0.15) is 13.8 Å². The summed E-state index contributed by atoms with van der Waals surface area (Å²) in [5.41, 5.74) is -0.481. The van der Waals surface area contributed by atoms with Crippen molar-refractivity contribution in [3.05, 3.63) is 11.5 Å². The van der Waals surface area contributed by atoms with Crippen molar-refractivity contribution in [2.75, 3.05) is 0 Å². The van der Waals surface area contributed by atoms with Gasteiger partial charge in [0.05, 0.1) is 0 Å². The fourth-order valence-corrected chi connectivity index (χ4v) is 0.189. The van der Waals surface area contributed by atoms with Gasteiger partial charge in [-0.1, -0.05) is 6.92 Å². The summed E-state index contributed by atoms with van der Waals surface area (Å²) in [6.45, 7) is -2.25. The van der Waals surface area contributed by atoms with Crippen molar-refractivity contribution in [1.82, 2.24) is 0 Å². The molecule has 0 aliphatic heterocycles. The number of halogens is 3. The van der Waals surface area contributed by atoms with Crippen molar-refractivity contribution in [2.24, 2.45) is 0 Å². The molecule has 0 nitrogen and oxygen atoms in total. The highest BCUT2D eigenvalue weighted by Gasteiger charge is 2.23. The molecule has 0 amide bonds. The summed E-state index contributed by atoms with van der Waals surface area (Å²) in [6, 6.07) is 0. The summed E-state index contributed by atoms with van der Waals surface area (Å²) in [5.74, 6) is 0. The van der Waals surface area contributed by atoms with Gasteiger partial charge in [0.15, 0.2) is 0 Å². The lowest BCUT2D eigenvalue weighted by Crippen LogP contribution is -2.16. The SMILES string of the molecule is C/C=C(\C)[B-](F)(F)F. The van der Waals surface area contributed by atoms with Crippen LogP contribution < -0.4 is 0 Å². The maximum atomic E-state index is 11.4. The highest BCUT2D eigenvalue weighted by Crippen LogP contribution is 2.17. The van der Waals surface area contributed by atoms with E-state index in [2.05, 4.69) is 0 Å². The predicted molar refractivity (Wildman–Crippen MR) is 28.5 cm³/mol. The largest absolute Gasteiger partial charge is 0.505 e. The molecule has 0 N–H and O–H groups in total. The van der Waals surface area contributed by atoms with Crippen molar-refractivity contribution in [3.63, 3.8) is 0 Å². The Hall–Kier alpha value is -0.405. The van der Waals surface area contributed by atoms with Gasteiger partial charge in [-0.2, -0.15) is 0 Å². The van der Waals surface area contributed by atoms with Gasteiger partial charge in [-0.05, 0) is 6.92 Å². The molecule has 0 spiro atoms. The van der Waals surface area contributed by atoms with E-state index in [1.54, 1.807) is 0 Å². The molecule has 0 saturated heterocycles. The topological polar surface area (TPSA) is 0 Å². The van der Waals surface area contributed by atoms with Crippen molar-refractivity contribution in [1.29, 1.82) is 0 Å². The Kier molecular flexibility index (Phi) is 2.13. The van der Waals surface area contributed by atoms with E-state index in [0.717, 1.165) is 13.0 Å². The molecule has 0 aromatic rings. The third kappa shape index (κ3) is 2.05. The molecule has 0 unspecified atom stereocenters. The molecule has 0 radical (unpaired) electrons. The fraction of sp³-hybridized carbons (Fsp3) is 0.500. The first-order valence-electron chi connectivity index (χ1n) is 2.31. The van der Waals surface area contributed by atoms with Gasteiger partial charge in [-0.25, -0.2) is 0 Å². The lowest BCUT2D eigenvalue weighted by molar-refractivity contribution is 0.490. The van der Waals surface area contributed by atoms with E-state index >= 15 is 0 Å². The van der Waals surface area contributed by atoms with Crippen LogP contribution in [0.3, 0.4) is 0 Å². The number of rotatable bonds is 1. The summed E-state index contributed by atoms with van der Waals surface area (Å²) in [6.07, 6.45) is 1.07. The molecule has 0 aromatic heterocycles. The van der Waals surface area contributed by atoms with Crippen LogP contribution in [0.4, 0.5) is 12.9 Å². The minimum Gasteiger partial charge on any atom is -0.445 e. The average Bonchev–Trinajstić information content (AvgIpc) is 1.62. The van der Waals surface area contributed by atoms with Crippen LogP contribution in [0, 0.1) is 0 Å². The molecule has 48 valence electrons.